The van der Waals surface area contributed by atoms with Gasteiger partial charge in [-0.25, -0.2) is 10.1 Å². The molecule has 0 amide bonds. The van der Waals surface area contributed by atoms with E-state index in [-0.39, 0.29) is 0 Å². The fourth-order valence-corrected chi connectivity index (χ4v) is 1.01. The van der Waals surface area contributed by atoms with Gasteiger partial charge in [-0.2, -0.15) is 0 Å². The van der Waals surface area contributed by atoms with Crippen molar-refractivity contribution in [2.24, 2.45) is 0 Å². The first kappa shape index (κ1) is 5.72. The maximum atomic E-state index is 10.5. The molecule has 0 aliphatic rings. The van der Waals surface area contributed by atoms with Crippen LogP contribution in [0.2, 0.25) is 0 Å². The standard InChI is InChI=1S/C5H6NOS/c1-4(7)5-6-2-3-8-5/h2-4H,1H3. The second kappa shape index (κ2) is 2.24. The minimum absolute atomic E-state index is 0.657. The molecule has 0 N–H and O–H groups in total. The molecular formula is C5H6NOS. The first-order chi connectivity index (χ1) is 3.80. The van der Waals surface area contributed by atoms with Crippen molar-refractivity contribution in [1.82, 2.24) is 4.98 Å². The van der Waals surface area contributed by atoms with Gasteiger partial charge in [-0.3, -0.25) is 0 Å². The van der Waals surface area contributed by atoms with Gasteiger partial charge in [0.25, 0.3) is 0 Å². The average Bonchev–Trinajstić information content (AvgIpc) is 2.12. The summed E-state index contributed by atoms with van der Waals surface area (Å²) in [5.74, 6) is 0. The summed E-state index contributed by atoms with van der Waals surface area (Å²) in [5.41, 5.74) is 0. The van der Waals surface area contributed by atoms with E-state index < -0.39 is 6.10 Å². The smallest absolute Gasteiger partial charge is 0.142 e. The van der Waals surface area contributed by atoms with Crippen molar-refractivity contribution >= 4 is 11.3 Å². The van der Waals surface area contributed by atoms with Crippen molar-refractivity contribution in [2.75, 3.05) is 0 Å². The summed E-state index contributed by atoms with van der Waals surface area (Å²) >= 11 is 1.41. The topological polar surface area (TPSA) is 32.8 Å². The van der Waals surface area contributed by atoms with Crippen LogP contribution >= 0.6 is 11.3 Å². The van der Waals surface area contributed by atoms with Gasteiger partial charge in [0.2, 0.25) is 0 Å². The highest BCUT2D eigenvalue weighted by Gasteiger charge is 2.02. The fourth-order valence-electron chi connectivity index (χ4n) is 0.435. The second-order valence-corrected chi connectivity index (χ2v) is 2.44. The third kappa shape index (κ3) is 1.05. The molecule has 0 bridgehead atoms. The lowest BCUT2D eigenvalue weighted by molar-refractivity contribution is 0.106. The highest BCUT2D eigenvalue weighted by molar-refractivity contribution is 7.09. The van der Waals surface area contributed by atoms with E-state index >= 15 is 0 Å². The summed E-state index contributed by atoms with van der Waals surface area (Å²) in [6.45, 7) is 1.60. The Hall–Kier alpha value is -0.410. The van der Waals surface area contributed by atoms with Gasteiger partial charge in [0.15, 0.2) is 0 Å². The minimum atomic E-state index is -0.657. The second-order valence-electron chi connectivity index (χ2n) is 1.51. The molecule has 1 heterocycles. The first-order valence-corrected chi connectivity index (χ1v) is 3.24. The molecule has 0 saturated heterocycles. The van der Waals surface area contributed by atoms with Crippen LogP contribution in [0.4, 0.5) is 0 Å². The molecule has 0 aliphatic heterocycles. The number of hydrogen-bond acceptors (Lipinski definition) is 2. The van der Waals surface area contributed by atoms with Crippen molar-refractivity contribution in [3.05, 3.63) is 16.6 Å². The van der Waals surface area contributed by atoms with Gasteiger partial charge >= 0.3 is 0 Å². The lowest BCUT2D eigenvalue weighted by Gasteiger charge is -1.89. The summed E-state index contributed by atoms with van der Waals surface area (Å²) in [4.78, 5) is 3.82. The van der Waals surface area contributed by atoms with Gasteiger partial charge in [0, 0.05) is 11.6 Å². The molecule has 3 heteroatoms. The van der Waals surface area contributed by atoms with E-state index in [9.17, 15) is 5.11 Å². The predicted molar refractivity (Wildman–Crippen MR) is 31.2 cm³/mol. The van der Waals surface area contributed by atoms with Gasteiger partial charge < -0.3 is 0 Å². The molecule has 0 spiro atoms. The van der Waals surface area contributed by atoms with Crippen molar-refractivity contribution in [1.29, 1.82) is 0 Å². The molecule has 1 radical (unpaired) electrons. The van der Waals surface area contributed by atoms with Crippen LogP contribution in [0.15, 0.2) is 11.6 Å². The number of thiazole rings is 1. The predicted octanol–water partition coefficient (Wildman–Crippen LogP) is 1.63. The Morgan fingerprint density at radius 1 is 1.88 bits per heavy atom. The SMILES string of the molecule is CC([O])c1nccs1. The summed E-state index contributed by atoms with van der Waals surface area (Å²) in [6.07, 6.45) is 0.990. The Morgan fingerprint density at radius 3 is 2.88 bits per heavy atom. The van der Waals surface area contributed by atoms with Crippen LogP contribution in [0.3, 0.4) is 0 Å². The number of nitrogens with zero attached hydrogens (tertiary/aromatic N) is 1. The van der Waals surface area contributed by atoms with Crippen molar-refractivity contribution in [3.8, 4) is 0 Å². The molecule has 1 aromatic rings. The van der Waals surface area contributed by atoms with Crippen LogP contribution in [0, 0.1) is 0 Å². The van der Waals surface area contributed by atoms with Gasteiger partial charge in [0.05, 0.1) is 0 Å². The van der Waals surface area contributed by atoms with E-state index in [1.165, 1.54) is 11.3 Å². The summed E-state index contributed by atoms with van der Waals surface area (Å²) in [7, 11) is 0. The lowest BCUT2D eigenvalue weighted by Crippen LogP contribution is -1.84. The highest BCUT2D eigenvalue weighted by Crippen LogP contribution is 2.13. The van der Waals surface area contributed by atoms with Gasteiger partial charge in [0.1, 0.15) is 11.1 Å². The Balaban J connectivity index is 2.77. The highest BCUT2D eigenvalue weighted by atomic mass is 32.1. The Morgan fingerprint density at radius 2 is 2.62 bits per heavy atom. The van der Waals surface area contributed by atoms with E-state index in [1.807, 2.05) is 5.38 Å². The van der Waals surface area contributed by atoms with Crippen LogP contribution in [0.1, 0.15) is 18.0 Å². The monoisotopic (exact) mass is 128 g/mol. The van der Waals surface area contributed by atoms with E-state index in [4.69, 9.17) is 0 Å². The molecule has 0 saturated carbocycles. The third-order valence-electron chi connectivity index (χ3n) is 0.799. The normalized spacial score (nSPS) is 13.8. The largest absolute Gasteiger partial charge is 0.247 e. The molecule has 0 aromatic carbocycles. The summed E-state index contributed by atoms with van der Waals surface area (Å²) in [5, 5.41) is 13.0. The van der Waals surface area contributed by atoms with Crippen LogP contribution in [-0.2, 0) is 5.11 Å². The van der Waals surface area contributed by atoms with Crippen LogP contribution in [-0.4, -0.2) is 4.98 Å². The minimum Gasteiger partial charge on any atom is -0.247 e. The van der Waals surface area contributed by atoms with E-state index in [0.717, 1.165) is 0 Å². The summed E-state index contributed by atoms with van der Waals surface area (Å²) < 4.78 is 0. The fraction of sp³-hybridized carbons (Fsp3) is 0.400. The molecular weight excluding hydrogens is 122 g/mol. The zero-order valence-electron chi connectivity index (χ0n) is 4.50. The third-order valence-corrected chi connectivity index (χ3v) is 1.74. The molecule has 0 aliphatic carbocycles. The molecule has 43 valence electrons. The molecule has 1 atom stereocenters. The zero-order valence-corrected chi connectivity index (χ0v) is 5.31. The number of hydrogen-bond donors (Lipinski definition) is 0. The lowest BCUT2D eigenvalue weighted by atomic mass is 10.4. The van der Waals surface area contributed by atoms with Gasteiger partial charge in [-0.15, -0.1) is 11.3 Å². The van der Waals surface area contributed by atoms with E-state index in [2.05, 4.69) is 4.98 Å². The Labute approximate surface area is 51.8 Å². The molecule has 8 heavy (non-hydrogen) atoms. The van der Waals surface area contributed by atoms with Crippen molar-refractivity contribution < 1.29 is 5.11 Å². The average molecular weight is 128 g/mol. The molecule has 2 nitrogen and oxygen atoms in total. The molecule has 1 unspecified atom stereocenters. The maximum Gasteiger partial charge on any atom is 0.142 e. The van der Waals surface area contributed by atoms with Crippen LogP contribution in [0.5, 0.6) is 0 Å². The van der Waals surface area contributed by atoms with E-state index in [0.29, 0.717) is 5.01 Å². The van der Waals surface area contributed by atoms with E-state index in [1.54, 1.807) is 13.1 Å². The molecule has 1 aromatic heterocycles. The maximum absolute atomic E-state index is 10.5. The van der Waals surface area contributed by atoms with Gasteiger partial charge in [-0.1, -0.05) is 0 Å². The Bertz CT molecular complexity index is 147. The first-order valence-electron chi connectivity index (χ1n) is 2.36. The molecule has 0 fully saturated rings. The number of aromatic nitrogens is 1. The molecule has 1 rings (SSSR count). The number of rotatable bonds is 1. The Kier molecular flexibility index (Phi) is 1.60. The van der Waals surface area contributed by atoms with Crippen LogP contribution in [0.25, 0.3) is 0 Å². The zero-order chi connectivity index (χ0) is 5.98. The van der Waals surface area contributed by atoms with Crippen LogP contribution < -0.4 is 0 Å². The van der Waals surface area contributed by atoms with Crippen molar-refractivity contribution in [3.63, 3.8) is 0 Å². The summed E-state index contributed by atoms with van der Waals surface area (Å²) in [6, 6.07) is 0. The van der Waals surface area contributed by atoms with Crippen molar-refractivity contribution in [2.45, 2.75) is 13.0 Å². The van der Waals surface area contributed by atoms with Gasteiger partial charge in [-0.05, 0) is 6.92 Å². The quantitative estimate of drug-likeness (QED) is 0.565.